The summed E-state index contributed by atoms with van der Waals surface area (Å²) in [5.41, 5.74) is 0. The number of rotatable bonds is 39. The van der Waals surface area contributed by atoms with Crippen LogP contribution in [0.4, 0.5) is 0 Å². The maximum Gasteiger partial charge on any atom is 0.306 e. The molecule has 0 aliphatic carbocycles. The van der Waals surface area contributed by atoms with E-state index in [0.717, 1.165) is 96.3 Å². The fourth-order valence-corrected chi connectivity index (χ4v) is 5.65. The van der Waals surface area contributed by atoms with Gasteiger partial charge in [-0.3, -0.25) is 14.4 Å². The van der Waals surface area contributed by atoms with Gasteiger partial charge in [0, 0.05) is 19.3 Å². The van der Waals surface area contributed by atoms with Crippen LogP contribution in [0.2, 0.25) is 0 Å². The monoisotopic (exact) mass is 815 g/mol. The van der Waals surface area contributed by atoms with Crippen molar-refractivity contribution in [3.63, 3.8) is 0 Å². The third kappa shape index (κ3) is 44.8. The van der Waals surface area contributed by atoms with Gasteiger partial charge in [-0.15, -0.1) is 0 Å². The van der Waals surface area contributed by atoms with Gasteiger partial charge in [0.2, 0.25) is 0 Å². The van der Waals surface area contributed by atoms with E-state index < -0.39 is 6.10 Å². The summed E-state index contributed by atoms with van der Waals surface area (Å²) in [6.45, 7) is 6.21. The van der Waals surface area contributed by atoms with Gasteiger partial charge in [0.1, 0.15) is 13.2 Å². The first-order valence-corrected chi connectivity index (χ1v) is 23.1. The Morgan fingerprint density at radius 1 is 0.373 bits per heavy atom. The summed E-state index contributed by atoms with van der Waals surface area (Å²) in [6.07, 6.45) is 63.3. The third-order valence-electron chi connectivity index (χ3n) is 9.09. The number of unbranched alkanes of at least 4 members (excludes halogenated alkanes) is 13. The molecule has 6 nitrogen and oxygen atoms in total. The van der Waals surface area contributed by atoms with E-state index in [0.29, 0.717) is 12.8 Å². The van der Waals surface area contributed by atoms with E-state index in [1.165, 1.54) is 32.1 Å². The summed E-state index contributed by atoms with van der Waals surface area (Å²) >= 11 is 0. The minimum Gasteiger partial charge on any atom is -0.462 e. The third-order valence-corrected chi connectivity index (χ3v) is 9.09. The predicted molar refractivity (Wildman–Crippen MR) is 251 cm³/mol. The summed E-state index contributed by atoms with van der Waals surface area (Å²) in [6, 6.07) is 0. The second-order valence-corrected chi connectivity index (χ2v) is 14.7. The molecule has 0 fully saturated rings. The Morgan fingerprint density at radius 2 is 0.763 bits per heavy atom. The SMILES string of the molecule is CC\C=C/C=C\C=C/C=C\C=C/CCCCCC(=O)OCC(COC(=O)CCC/C=C\C/C=C\C/C=C\CC)OC(=O)CCCCCCCC/C=C\C=C/CCCCC. The van der Waals surface area contributed by atoms with Crippen LogP contribution in [0.25, 0.3) is 0 Å². The van der Waals surface area contributed by atoms with E-state index in [2.05, 4.69) is 93.7 Å². The lowest BCUT2D eigenvalue weighted by atomic mass is 10.1. The number of carbonyl (C=O) groups is 3. The van der Waals surface area contributed by atoms with E-state index in [-0.39, 0.29) is 44.0 Å². The van der Waals surface area contributed by atoms with Crippen LogP contribution < -0.4 is 0 Å². The molecule has 0 aliphatic rings. The molecule has 0 heterocycles. The van der Waals surface area contributed by atoms with E-state index in [9.17, 15) is 14.4 Å². The molecule has 0 rings (SSSR count). The zero-order valence-corrected chi connectivity index (χ0v) is 37.5. The van der Waals surface area contributed by atoms with Gasteiger partial charge in [0.05, 0.1) is 0 Å². The Balaban J connectivity index is 4.57. The molecule has 0 amide bonds. The van der Waals surface area contributed by atoms with Crippen LogP contribution in [0, 0.1) is 0 Å². The van der Waals surface area contributed by atoms with Gasteiger partial charge >= 0.3 is 17.9 Å². The molecule has 0 aromatic carbocycles. The van der Waals surface area contributed by atoms with Crippen LogP contribution >= 0.6 is 0 Å². The summed E-state index contributed by atoms with van der Waals surface area (Å²) in [7, 11) is 0. The van der Waals surface area contributed by atoms with Crippen molar-refractivity contribution in [3.05, 3.63) is 122 Å². The molecule has 0 radical (unpaired) electrons. The Labute approximate surface area is 361 Å². The average molecular weight is 815 g/mol. The van der Waals surface area contributed by atoms with Crippen molar-refractivity contribution in [1.29, 1.82) is 0 Å². The maximum absolute atomic E-state index is 12.7. The highest BCUT2D eigenvalue weighted by Crippen LogP contribution is 2.12. The molecular formula is C53H82O6. The number of allylic oxidation sites excluding steroid dienone is 20. The molecule has 0 aliphatic heterocycles. The molecule has 0 saturated carbocycles. The first kappa shape index (κ1) is 54.8. The lowest BCUT2D eigenvalue weighted by Gasteiger charge is -2.18. The Hall–Kier alpha value is -4.19. The molecule has 59 heavy (non-hydrogen) atoms. The summed E-state index contributed by atoms with van der Waals surface area (Å²) in [5.74, 6) is -1.04. The molecular weight excluding hydrogens is 733 g/mol. The zero-order chi connectivity index (χ0) is 43.0. The van der Waals surface area contributed by atoms with Gasteiger partial charge in [0.25, 0.3) is 0 Å². The fourth-order valence-electron chi connectivity index (χ4n) is 5.65. The molecule has 1 unspecified atom stereocenters. The largest absolute Gasteiger partial charge is 0.462 e. The fraction of sp³-hybridized carbons (Fsp3) is 0.566. The van der Waals surface area contributed by atoms with Crippen molar-refractivity contribution in [1.82, 2.24) is 0 Å². The molecule has 0 bridgehead atoms. The summed E-state index contributed by atoms with van der Waals surface area (Å²) in [5, 5.41) is 0. The quantitative estimate of drug-likeness (QED) is 0.0202. The first-order valence-electron chi connectivity index (χ1n) is 23.1. The number of carbonyl (C=O) groups excluding carboxylic acids is 3. The number of hydrogen-bond acceptors (Lipinski definition) is 6. The Morgan fingerprint density at radius 3 is 1.32 bits per heavy atom. The van der Waals surface area contributed by atoms with E-state index in [4.69, 9.17) is 14.2 Å². The minimum atomic E-state index is -0.824. The van der Waals surface area contributed by atoms with E-state index in [1.807, 2.05) is 48.6 Å². The molecule has 1 atom stereocenters. The highest BCUT2D eigenvalue weighted by atomic mass is 16.6. The van der Waals surface area contributed by atoms with E-state index in [1.54, 1.807) is 0 Å². The van der Waals surface area contributed by atoms with Crippen molar-refractivity contribution in [2.45, 2.75) is 181 Å². The molecule has 0 N–H and O–H groups in total. The first-order chi connectivity index (χ1) is 29.0. The molecule has 0 spiro atoms. The van der Waals surface area contributed by atoms with Gasteiger partial charge in [0.15, 0.2) is 6.10 Å². The van der Waals surface area contributed by atoms with Crippen molar-refractivity contribution in [2.75, 3.05) is 13.2 Å². The second kappa shape index (κ2) is 46.5. The predicted octanol–water partition coefficient (Wildman–Crippen LogP) is 15.0. The maximum atomic E-state index is 12.7. The number of ether oxygens (including phenoxy) is 3. The van der Waals surface area contributed by atoms with Crippen LogP contribution in [0.1, 0.15) is 175 Å². The lowest BCUT2D eigenvalue weighted by molar-refractivity contribution is -0.167. The lowest BCUT2D eigenvalue weighted by Crippen LogP contribution is -2.30. The van der Waals surface area contributed by atoms with Gasteiger partial charge in [-0.1, -0.05) is 187 Å². The normalized spacial score (nSPS) is 13.2. The van der Waals surface area contributed by atoms with Gasteiger partial charge in [-0.05, 0) is 89.9 Å². The van der Waals surface area contributed by atoms with Crippen molar-refractivity contribution >= 4 is 17.9 Å². The molecule has 0 aromatic heterocycles. The second-order valence-electron chi connectivity index (χ2n) is 14.7. The van der Waals surface area contributed by atoms with Gasteiger partial charge in [-0.25, -0.2) is 0 Å². The van der Waals surface area contributed by atoms with Crippen LogP contribution in [-0.4, -0.2) is 37.2 Å². The van der Waals surface area contributed by atoms with Crippen LogP contribution in [-0.2, 0) is 28.6 Å². The average Bonchev–Trinajstić information content (AvgIpc) is 3.23. The molecule has 330 valence electrons. The van der Waals surface area contributed by atoms with Crippen LogP contribution in [0.3, 0.4) is 0 Å². The standard InChI is InChI=1S/C53H82O6/c1-4-7-10-13-16-19-22-24-26-28-31-34-37-40-43-46-52(55)58-49-50(48-57-51(54)45-42-39-36-33-30-21-18-15-12-9-6-3)59-53(56)47-44-41-38-35-32-29-27-25-23-20-17-14-11-8-5-2/h7,9-10,12-13,16-26,28,31,33,36,50H,4-6,8,11,14-15,27,29-30,32,34-35,37-49H2,1-3H3/b10-7-,12-9-,16-13-,20-17-,21-18-,22-19-,25-23-,26-24-,31-28-,36-33-. The molecule has 0 saturated heterocycles. The van der Waals surface area contributed by atoms with E-state index >= 15 is 0 Å². The van der Waals surface area contributed by atoms with Crippen molar-refractivity contribution in [3.8, 4) is 0 Å². The van der Waals surface area contributed by atoms with Gasteiger partial charge < -0.3 is 14.2 Å². The van der Waals surface area contributed by atoms with Gasteiger partial charge in [-0.2, -0.15) is 0 Å². The summed E-state index contributed by atoms with van der Waals surface area (Å²) in [4.78, 5) is 37.8. The number of esters is 3. The van der Waals surface area contributed by atoms with Crippen molar-refractivity contribution < 1.29 is 28.6 Å². The smallest absolute Gasteiger partial charge is 0.306 e. The Bertz CT molecular complexity index is 1300. The zero-order valence-electron chi connectivity index (χ0n) is 37.5. The Kier molecular flexibility index (Phi) is 43.2. The summed E-state index contributed by atoms with van der Waals surface area (Å²) < 4.78 is 16.6. The van der Waals surface area contributed by atoms with Crippen LogP contribution in [0.15, 0.2) is 122 Å². The molecule has 6 heteroatoms. The minimum absolute atomic E-state index is 0.125. The van der Waals surface area contributed by atoms with Crippen LogP contribution in [0.5, 0.6) is 0 Å². The highest BCUT2D eigenvalue weighted by Gasteiger charge is 2.19. The molecule has 0 aromatic rings. The topological polar surface area (TPSA) is 78.9 Å². The van der Waals surface area contributed by atoms with Crippen molar-refractivity contribution in [2.24, 2.45) is 0 Å². The number of hydrogen-bond donors (Lipinski definition) is 0. The highest BCUT2D eigenvalue weighted by molar-refractivity contribution is 5.71.